The van der Waals surface area contributed by atoms with Crippen molar-refractivity contribution in [3.05, 3.63) is 24.3 Å². The van der Waals surface area contributed by atoms with Crippen LogP contribution in [-0.2, 0) is 4.74 Å². The Morgan fingerprint density at radius 3 is 2.65 bits per heavy atom. The minimum absolute atomic E-state index is 0.177. The van der Waals surface area contributed by atoms with E-state index in [1.54, 1.807) is 0 Å². The number of piperidine rings is 1. The molecule has 5 nitrogen and oxygen atoms in total. The standard InChI is InChI=1S/C18H27N3O2/c1-18(2,3)23-17(22)20-10-8-14(9-11-20)12-21-13-19-15-6-4-5-7-16(15)21/h4-7,14,19H,8-13H2,1-3H3. The van der Waals surface area contributed by atoms with Gasteiger partial charge >= 0.3 is 6.09 Å². The van der Waals surface area contributed by atoms with Crippen LogP contribution in [-0.4, -0.2) is 42.9 Å². The van der Waals surface area contributed by atoms with Crippen LogP contribution < -0.4 is 10.2 Å². The summed E-state index contributed by atoms with van der Waals surface area (Å²) in [6.45, 7) is 9.25. The maximum Gasteiger partial charge on any atom is 0.410 e. The molecule has 0 aromatic heterocycles. The molecule has 1 N–H and O–H groups in total. The second-order valence-electron chi connectivity index (χ2n) is 7.49. The molecule has 1 fully saturated rings. The Balaban J connectivity index is 1.50. The third-order valence-corrected chi connectivity index (χ3v) is 4.45. The third kappa shape index (κ3) is 3.89. The fraction of sp³-hybridized carbons (Fsp3) is 0.611. The van der Waals surface area contributed by atoms with Gasteiger partial charge in [0.2, 0.25) is 0 Å². The number of carbonyl (C=O) groups excluding carboxylic acids is 1. The Morgan fingerprint density at radius 2 is 1.96 bits per heavy atom. The lowest BCUT2D eigenvalue weighted by Crippen LogP contribution is -2.43. The summed E-state index contributed by atoms with van der Waals surface area (Å²) in [6.07, 6.45) is 1.90. The quantitative estimate of drug-likeness (QED) is 0.906. The molecule has 3 rings (SSSR count). The number of para-hydroxylation sites is 2. The van der Waals surface area contributed by atoms with E-state index in [1.165, 1.54) is 11.4 Å². The Hall–Kier alpha value is -1.91. The van der Waals surface area contributed by atoms with E-state index in [-0.39, 0.29) is 6.09 Å². The molecule has 1 aromatic rings. The molecule has 2 aliphatic rings. The van der Waals surface area contributed by atoms with E-state index < -0.39 is 5.60 Å². The van der Waals surface area contributed by atoms with Crippen LogP contribution in [0.15, 0.2) is 24.3 Å². The van der Waals surface area contributed by atoms with Gasteiger partial charge in [0, 0.05) is 19.6 Å². The molecule has 5 heteroatoms. The number of nitrogens with zero attached hydrogens (tertiary/aromatic N) is 2. The summed E-state index contributed by atoms with van der Waals surface area (Å²) in [5, 5.41) is 3.43. The van der Waals surface area contributed by atoms with E-state index in [9.17, 15) is 4.79 Å². The number of rotatable bonds is 2. The maximum atomic E-state index is 12.1. The van der Waals surface area contributed by atoms with E-state index in [0.29, 0.717) is 5.92 Å². The molecule has 0 radical (unpaired) electrons. The smallest absolute Gasteiger partial charge is 0.410 e. The number of hydrogen-bond donors (Lipinski definition) is 1. The van der Waals surface area contributed by atoms with Crippen molar-refractivity contribution in [3.63, 3.8) is 0 Å². The zero-order valence-electron chi connectivity index (χ0n) is 14.3. The summed E-state index contributed by atoms with van der Waals surface area (Å²) >= 11 is 0. The van der Waals surface area contributed by atoms with Crippen molar-refractivity contribution in [2.24, 2.45) is 5.92 Å². The highest BCUT2D eigenvalue weighted by molar-refractivity contribution is 5.74. The van der Waals surface area contributed by atoms with E-state index in [4.69, 9.17) is 4.74 Å². The molecule has 1 aromatic carbocycles. The fourth-order valence-corrected chi connectivity index (χ4v) is 3.26. The number of fused-ring (bicyclic) bond motifs is 1. The predicted molar refractivity (Wildman–Crippen MR) is 92.8 cm³/mol. The van der Waals surface area contributed by atoms with Gasteiger partial charge in [-0.2, -0.15) is 0 Å². The minimum atomic E-state index is -0.418. The summed E-state index contributed by atoms with van der Waals surface area (Å²) in [6, 6.07) is 8.45. The van der Waals surface area contributed by atoms with Crippen molar-refractivity contribution in [1.82, 2.24) is 4.90 Å². The van der Waals surface area contributed by atoms with Gasteiger partial charge in [0.05, 0.1) is 18.0 Å². The minimum Gasteiger partial charge on any atom is -0.444 e. The normalized spacial score (nSPS) is 18.6. The average molecular weight is 317 g/mol. The monoisotopic (exact) mass is 317 g/mol. The summed E-state index contributed by atoms with van der Waals surface area (Å²) in [5.74, 6) is 0.627. The van der Waals surface area contributed by atoms with Crippen molar-refractivity contribution >= 4 is 17.5 Å². The number of benzene rings is 1. The highest BCUT2D eigenvalue weighted by atomic mass is 16.6. The lowest BCUT2D eigenvalue weighted by atomic mass is 9.96. The van der Waals surface area contributed by atoms with Gasteiger partial charge in [-0.25, -0.2) is 4.79 Å². The highest BCUT2D eigenvalue weighted by Gasteiger charge is 2.28. The van der Waals surface area contributed by atoms with Crippen molar-refractivity contribution in [2.75, 3.05) is 36.5 Å². The molecule has 0 spiro atoms. The Kier molecular flexibility index (Phi) is 4.37. The molecule has 126 valence electrons. The molecule has 0 aliphatic carbocycles. The summed E-state index contributed by atoms with van der Waals surface area (Å²) in [7, 11) is 0. The van der Waals surface area contributed by atoms with Crippen LogP contribution in [0.1, 0.15) is 33.6 Å². The Morgan fingerprint density at radius 1 is 1.26 bits per heavy atom. The van der Waals surface area contributed by atoms with Crippen molar-refractivity contribution < 1.29 is 9.53 Å². The Labute approximate surface area is 138 Å². The molecule has 23 heavy (non-hydrogen) atoms. The van der Waals surface area contributed by atoms with Crippen LogP contribution in [0.5, 0.6) is 0 Å². The molecule has 0 saturated carbocycles. The summed E-state index contributed by atoms with van der Waals surface area (Å²) in [4.78, 5) is 16.4. The number of anilines is 2. The van der Waals surface area contributed by atoms with Crippen molar-refractivity contribution in [3.8, 4) is 0 Å². The zero-order chi connectivity index (χ0) is 16.4. The van der Waals surface area contributed by atoms with E-state index in [0.717, 1.165) is 39.1 Å². The van der Waals surface area contributed by atoms with Gasteiger partial charge in [-0.05, 0) is 51.7 Å². The van der Waals surface area contributed by atoms with Crippen LogP contribution in [0.25, 0.3) is 0 Å². The van der Waals surface area contributed by atoms with E-state index >= 15 is 0 Å². The van der Waals surface area contributed by atoms with Crippen molar-refractivity contribution in [2.45, 2.75) is 39.2 Å². The molecule has 1 saturated heterocycles. The molecular weight excluding hydrogens is 290 g/mol. The molecule has 0 bridgehead atoms. The molecule has 2 aliphatic heterocycles. The van der Waals surface area contributed by atoms with Crippen molar-refractivity contribution in [1.29, 1.82) is 0 Å². The topological polar surface area (TPSA) is 44.8 Å². The molecule has 2 heterocycles. The molecule has 0 unspecified atom stereocenters. The second kappa shape index (κ2) is 6.30. The van der Waals surface area contributed by atoms with Gasteiger partial charge in [-0.15, -0.1) is 0 Å². The van der Waals surface area contributed by atoms with E-state index in [2.05, 4.69) is 34.5 Å². The molecule has 0 atom stereocenters. The average Bonchev–Trinajstić information content (AvgIpc) is 2.90. The largest absolute Gasteiger partial charge is 0.444 e. The number of carbonyl (C=O) groups is 1. The summed E-state index contributed by atoms with van der Waals surface area (Å²) in [5.41, 5.74) is 2.10. The van der Waals surface area contributed by atoms with Crippen LogP contribution in [0.2, 0.25) is 0 Å². The van der Waals surface area contributed by atoms with Crippen LogP contribution in [0.4, 0.5) is 16.2 Å². The predicted octanol–water partition coefficient (Wildman–Crippen LogP) is 3.52. The van der Waals surface area contributed by atoms with Crippen LogP contribution in [0.3, 0.4) is 0 Å². The summed E-state index contributed by atoms with van der Waals surface area (Å²) < 4.78 is 5.46. The number of hydrogen-bond acceptors (Lipinski definition) is 4. The fourth-order valence-electron chi connectivity index (χ4n) is 3.26. The van der Waals surface area contributed by atoms with Gasteiger partial charge in [-0.3, -0.25) is 0 Å². The van der Waals surface area contributed by atoms with Crippen LogP contribution >= 0.6 is 0 Å². The first kappa shape index (κ1) is 16.0. The SMILES string of the molecule is CC(C)(C)OC(=O)N1CCC(CN2CNc3ccccc32)CC1. The number of likely N-dealkylation sites (tertiary alicyclic amines) is 1. The van der Waals surface area contributed by atoms with Gasteiger partial charge in [-0.1, -0.05) is 12.1 Å². The van der Waals surface area contributed by atoms with Gasteiger partial charge in [0.25, 0.3) is 0 Å². The molecule has 1 amide bonds. The van der Waals surface area contributed by atoms with Gasteiger partial charge in [0.1, 0.15) is 5.60 Å². The molecular formula is C18H27N3O2. The lowest BCUT2D eigenvalue weighted by Gasteiger charge is -2.35. The highest BCUT2D eigenvalue weighted by Crippen LogP contribution is 2.32. The maximum absolute atomic E-state index is 12.1. The van der Waals surface area contributed by atoms with Crippen LogP contribution in [0, 0.1) is 5.92 Å². The van der Waals surface area contributed by atoms with Gasteiger partial charge < -0.3 is 19.9 Å². The lowest BCUT2D eigenvalue weighted by molar-refractivity contribution is 0.0186. The van der Waals surface area contributed by atoms with E-state index in [1.807, 2.05) is 25.7 Å². The van der Waals surface area contributed by atoms with Gasteiger partial charge in [0.15, 0.2) is 0 Å². The second-order valence-corrected chi connectivity index (χ2v) is 7.49. The Bertz CT molecular complexity index is 560. The zero-order valence-corrected chi connectivity index (χ0v) is 14.3. The first-order valence-electron chi connectivity index (χ1n) is 8.48. The number of amides is 1. The number of nitrogens with one attached hydrogen (secondary N) is 1. The number of ether oxygens (including phenoxy) is 1. The third-order valence-electron chi connectivity index (χ3n) is 4.45. The first-order chi connectivity index (χ1) is 10.9. The first-order valence-corrected chi connectivity index (χ1v) is 8.48.